The van der Waals surface area contributed by atoms with Crippen LogP contribution in [0.5, 0.6) is 0 Å². The lowest BCUT2D eigenvalue weighted by Crippen LogP contribution is -2.29. The van der Waals surface area contributed by atoms with Crippen molar-refractivity contribution in [2.24, 2.45) is 0 Å². The zero-order valence-corrected chi connectivity index (χ0v) is 6.33. The molecule has 0 bridgehead atoms. The Kier molecular flexibility index (Phi) is 1.96. The molecule has 0 N–H and O–H groups in total. The summed E-state index contributed by atoms with van der Waals surface area (Å²) in [5.74, 6) is 0. The van der Waals surface area contributed by atoms with E-state index in [1.54, 1.807) is 6.92 Å². The average Bonchev–Trinajstić information content (AvgIpc) is 2.11. The Morgan fingerprint density at radius 1 is 1.36 bits per heavy atom. The van der Waals surface area contributed by atoms with E-state index < -0.39 is 12.3 Å². The molecule has 64 valence electrons. The molecular weight excluding hydrogens is 157 g/mol. The van der Waals surface area contributed by atoms with Crippen molar-refractivity contribution in [2.75, 3.05) is 6.61 Å². The predicted molar refractivity (Wildman–Crippen MR) is 34.2 cm³/mol. The van der Waals surface area contributed by atoms with E-state index in [0.29, 0.717) is 11.1 Å². The fraction of sp³-hybridized carbons (Fsp3) is 0.714. The quantitative estimate of drug-likeness (QED) is 0.501. The first-order chi connectivity index (χ1) is 4.93. The lowest BCUT2D eigenvalue weighted by molar-refractivity contribution is -0.199. The highest BCUT2D eigenvalue weighted by atomic mass is 19.4. The standard InChI is InChI=1S/C7H9F3O/c1-4-3-11-6(5(4)2)7(8,9)10/h6H,3H2,1-2H3/t6-/m0/s1. The van der Waals surface area contributed by atoms with E-state index >= 15 is 0 Å². The van der Waals surface area contributed by atoms with E-state index in [9.17, 15) is 13.2 Å². The molecule has 0 aliphatic carbocycles. The van der Waals surface area contributed by atoms with Crippen molar-refractivity contribution >= 4 is 0 Å². The Morgan fingerprint density at radius 3 is 2.09 bits per heavy atom. The van der Waals surface area contributed by atoms with Gasteiger partial charge in [-0.15, -0.1) is 0 Å². The molecule has 1 nitrogen and oxygen atoms in total. The summed E-state index contributed by atoms with van der Waals surface area (Å²) in [4.78, 5) is 0. The first kappa shape index (κ1) is 8.59. The maximum absolute atomic E-state index is 12.0. The van der Waals surface area contributed by atoms with Crippen LogP contribution in [-0.2, 0) is 4.74 Å². The Labute approximate surface area is 62.8 Å². The van der Waals surface area contributed by atoms with E-state index in [2.05, 4.69) is 4.74 Å². The molecule has 0 aromatic heterocycles. The van der Waals surface area contributed by atoms with Crippen LogP contribution in [0.25, 0.3) is 0 Å². The summed E-state index contributed by atoms with van der Waals surface area (Å²) in [6.45, 7) is 3.22. The van der Waals surface area contributed by atoms with Gasteiger partial charge in [-0.2, -0.15) is 13.2 Å². The topological polar surface area (TPSA) is 9.23 Å². The van der Waals surface area contributed by atoms with E-state index in [1.807, 2.05) is 0 Å². The van der Waals surface area contributed by atoms with Crippen LogP contribution in [0.15, 0.2) is 11.1 Å². The van der Waals surface area contributed by atoms with Gasteiger partial charge in [-0.05, 0) is 25.0 Å². The van der Waals surface area contributed by atoms with Gasteiger partial charge in [-0.1, -0.05) is 0 Å². The third kappa shape index (κ3) is 1.56. The molecule has 1 aliphatic rings. The lowest BCUT2D eigenvalue weighted by atomic mass is 10.1. The molecule has 0 aromatic carbocycles. The molecule has 0 fully saturated rings. The summed E-state index contributed by atoms with van der Waals surface area (Å²) in [6, 6.07) is 0. The summed E-state index contributed by atoms with van der Waals surface area (Å²) in [5, 5.41) is 0. The third-order valence-electron chi connectivity index (χ3n) is 1.83. The second-order valence-electron chi connectivity index (χ2n) is 2.70. The van der Waals surface area contributed by atoms with Crippen molar-refractivity contribution in [3.8, 4) is 0 Å². The summed E-state index contributed by atoms with van der Waals surface area (Å²) in [6.07, 6.45) is -5.91. The van der Waals surface area contributed by atoms with Gasteiger partial charge in [0.1, 0.15) is 0 Å². The van der Waals surface area contributed by atoms with Crippen molar-refractivity contribution in [1.82, 2.24) is 0 Å². The van der Waals surface area contributed by atoms with E-state index in [1.165, 1.54) is 6.92 Å². The van der Waals surface area contributed by atoms with E-state index in [0.717, 1.165) is 0 Å². The summed E-state index contributed by atoms with van der Waals surface area (Å²) < 4.78 is 40.6. The van der Waals surface area contributed by atoms with Gasteiger partial charge < -0.3 is 4.74 Å². The number of rotatable bonds is 0. The minimum absolute atomic E-state index is 0.107. The number of hydrogen-bond acceptors (Lipinski definition) is 1. The maximum atomic E-state index is 12.0. The van der Waals surface area contributed by atoms with Gasteiger partial charge in [-0.25, -0.2) is 0 Å². The second-order valence-corrected chi connectivity index (χ2v) is 2.70. The van der Waals surface area contributed by atoms with Gasteiger partial charge in [0.05, 0.1) is 6.61 Å². The normalized spacial score (nSPS) is 26.5. The fourth-order valence-corrected chi connectivity index (χ4v) is 1.01. The summed E-state index contributed by atoms with van der Waals surface area (Å²) in [7, 11) is 0. The smallest absolute Gasteiger partial charge is 0.360 e. The molecule has 0 saturated carbocycles. The molecule has 0 unspecified atom stereocenters. The van der Waals surface area contributed by atoms with Crippen molar-refractivity contribution < 1.29 is 17.9 Å². The highest BCUT2D eigenvalue weighted by Crippen LogP contribution is 2.33. The van der Waals surface area contributed by atoms with E-state index in [-0.39, 0.29) is 6.61 Å². The Bertz CT molecular complexity index is 192. The van der Waals surface area contributed by atoms with Crippen LogP contribution >= 0.6 is 0 Å². The number of hydrogen-bond donors (Lipinski definition) is 0. The molecule has 0 radical (unpaired) electrons. The van der Waals surface area contributed by atoms with Crippen molar-refractivity contribution in [3.05, 3.63) is 11.1 Å². The highest BCUT2D eigenvalue weighted by Gasteiger charge is 2.44. The van der Waals surface area contributed by atoms with Gasteiger partial charge in [0.15, 0.2) is 6.10 Å². The fourth-order valence-electron chi connectivity index (χ4n) is 1.01. The summed E-state index contributed by atoms with van der Waals surface area (Å²) in [5.41, 5.74) is 0.991. The Hall–Kier alpha value is -0.510. The molecule has 11 heavy (non-hydrogen) atoms. The van der Waals surface area contributed by atoms with Gasteiger partial charge in [0.25, 0.3) is 0 Å². The predicted octanol–water partition coefficient (Wildman–Crippen LogP) is 2.28. The zero-order chi connectivity index (χ0) is 8.65. The largest absolute Gasteiger partial charge is 0.418 e. The Morgan fingerprint density at radius 2 is 1.91 bits per heavy atom. The minimum atomic E-state index is -4.25. The van der Waals surface area contributed by atoms with Crippen LogP contribution in [0, 0.1) is 0 Å². The molecule has 1 atom stereocenters. The van der Waals surface area contributed by atoms with Gasteiger partial charge in [0.2, 0.25) is 0 Å². The van der Waals surface area contributed by atoms with E-state index in [4.69, 9.17) is 0 Å². The van der Waals surface area contributed by atoms with Gasteiger partial charge in [-0.3, -0.25) is 0 Å². The second kappa shape index (κ2) is 2.52. The van der Waals surface area contributed by atoms with Crippen molar-refractivity contribution in [2.45, 2.75) is 26.1 Å². The monoisotopic (exact) mass is 166 g/mol. The Balaban J connectivity index is 2.79. The molecule has 0 aromatic rings. The number of ether oxygens (including phenoxy) is 1. The van der Waals surface area contributed by atoms with Crippen molar-refractivity contribution in [1.29, 1.82) is 0 Å². The lowest BCUT2D eigenvalue weighted by Gasteiger charge is -2.15. The van der Waals surface area contributed by atoms with Crippen LogP contribution in [0.1, 0.15) is 13.8 Å². The van der Waals surface area contributed by atoms with Crippen molar-refractivity contribution in [3.63, 3.8) is 0 Å². The molecular formula is C7H9F3O. The van der Waals surface area contributed by atoms with Gasteiger partial charge in [0, 0.05) is 0 Å². The molecule has 1 aliphatic heterocycles. The molecule has 1 rings (SSSR count). The molecule has 0 spiro atoms. The van der Waals surface area contributed by atoms with Crippen LogP contribution in [0.3, 0.4) is 0 Å². The summed E-state index contributed by atoms with van der Waals surface area (Å²) >= 11 is 0. The highest BCUT2D eigenvalue weighted by molar-refractivity contribution is 5.20. The van der Waals surface area contributed by atoms with Crippen LogP contribution < -0.4 is 0 Å². The number of halogens is 3. The first-order valence-electron chi connectivity index (χ1n) is 3.27. The third-order valence-corrected chi connectivity index (χ3v) is 1.83. The number of alkyl halides is 3. The molecule has 4 heteroatoms. The van der Waals surface area contributed by atoms with Crippen LogP contribution in [0.2, 0.25) is 0 Å². The first-order valence-corrected chi connectivity index (χ1v) is 3.27. The maximum Gasteiger partial charge on any atom is 0.418 e. The average molecular weight is 166 g/mol. The SMILES string of the molecule is CC1=C(C)[C@@H](C(F)(F)F)OC1. The molecule has 0 saturated heterocycles. The van der Waals surface area contributed by atoms with Crippen LogP contribution in [-0.4, -0.2) is 18.9 Å². The minimum Gasteiger partial charge on any atom is -0.360 e. The molecule has 1 heterocycles. The van der Waals surface area contributed by atoms with Crippen LogP contribution in [0.4, 0.5) is 13.2 Å². The zero-order valence-electron chi connectivity index (χ0n) is 6.33. The molecule has 0 amide bonds. The van der Waals surface area contributed by atoms with Gasteiger partial charge >= 0.3 is 6.18 Å².